The van der Waals surface area contributed by atoms with Crippen molar-refractivity contribution in [3.63, 3.8) is 0 Å². The lowest BCUT2D eigenvalue weighted by Crippen LogP contribution is -2.26. The zero-order chi connectivity index (χ0) is 11.1. The highest BCUT2D eigenvalue weighted by atomic mass is 19.4. The second-order valence-electron chi connectivity index (χ2n) is 3.21. The predicted molar refractivity (Wildman–Crippen MR) is 49.9 cm³/mol. The lowest BCUT2D eigenvalue weighted by Gasteiger charge is -2.08. The molecule has 0 spiro atoms. The molecule has 77 valence electrons. The van der Waals surface area contributed by atoms with E-state index in [9.17, 15) is 13.2 Å². The molecule has 0 saturated heterocycles. The van der Waals surface area contributed by atoms with Gasteiger partial charge < -0.3 is 0 Å². The molecule has 0 amide bonds. The second-order valence-corrected chi connectivity index (χ2v) is 3.21. The highest BCUT2D eigenvalue weighted by Crippen LogP contribution is 2.33. The van der Waals surface area contributed by atoms with Crippen LogP contribution in [-0.2, 0) is 6.18 Å². The Morgan fingerprint density at radius 1 is 1.07 bits per heavy atom. The van der Waals surface area contributed by atoms with Gasteiger partial charge in [-0.15, -0.1) is 0 Å². The minimum atomic E-state index is -4.33. The van der Waals surface area contributed by atoms with Crippen LogP contribution in [0.5, 0.6) is 0 Å². The minimum Gasteiger partial charge on any atom is -0.192 e. The van der Waals surface area contributed by atoms with Crippen molar-refractivity contribution in [2.75, 3.05) is 0 Å². The summed E-state index contributed by atoms with van der Waals surface area (Å²) in [5.41, 5.74) is -0.162. The van der Waals surface area contributed by atoms with Crippen LogP contribution in [0.2, 0.25) is 0 Å². The van der Waals surface area contributed by atoms with Crippen LogP contribution in [0.25, 0.3) is 10.9 Å². The molecule has 0 aliphatic heterocycles. The summed E-state index contributed by atoms with van der Waals surface area (Å²) in [4.78, 5) is 0. The molecule has 0 aliphatic carbocycles. The summed E-state index contributed by atoms with van der Waals surface area (Å²) in [7, 11) is 3.62. The van der Waals surface area contributed by atoms with E-state index in [-0.39, 0.29) is 5.39 Å². The van der Waals surface area contributed by atoms with Gasteiger partial charge in [0.25, 0.3) is 0 Å². The van der Waals surface area contributed by atoms with Crippen molar-refractivity contribution < 1.29 is 17.7 Å². The van der Waals surface area contributed by atoms with Gasteiger partial charge in [-0.2, -0.15) is 17.7 Å². The summed E-state index contributed by atoms with van der Waals surface area (Å²) in [5.74, 6) is 0. The standard InChI is InChI=1S/C11H8F3N/c1-15-7-3-4-8-9(11(12,13)14)5-2-6-10(8)15/h2-7H,1H2/q+1. The molecule has 1 heterocycles. The lowest BCUT2D eigenvalue weighted by atomic mass is 10.1. The highest BCUT2D eigenvalue weighted by molar-refractivity contribution is 5.80. The Morgan fingerprint density at radius 2 is 1.80 bits per heavy atom. The van der Waals surface area contributed by atoms with Gasteiger partial charge in [0.05, 0.1) is 10.9 Å². The normalized spacial score (nSPS) is 12.0. The molecular formula is C11H8F3N+. The van der Waals surface area contributed by atoms with Gasteiger partial charge in [-0.25, -0.2) is 0 Å². The Hall–Kier alpha value is -1.58. The maximum atomic E-state index is 12.6. The van der Waals surface area contributed by atoms with Gasteiger partial charge in [-0.05, 0) is 12.1 Å². The average molecular weight is 211 g/mol. The van der Waals surface area contributed by atoms with E-state index < -0.39 is 11.7 Å². The fraction of sp³-hybridized carbons (Fsp3) is 0.0909. The van der Waals surface area contributed by atoms with Crippen molar-refractivity contribution in [1.82, 2.24) is 0 Å². The van der Waals surface area contributed by atoms with E-state index in [2.05, 4.69) is 7.05 Å². The number of benzene rings is 1. The first-order valence-electron chi connectivity index (χ1n) is 4.31. The molecule has 2 aromatic rings. The van der Waals surface area contributed by atoms with Crippen LogP contribution in [0.15, 0.2) is 36.5 Å². The Balaban J connectivity index is 2.83. The number of hydrogen-bond acceptors (Lipinski definition) is 0. The zero-order valence-electron chi connectivity index (χ0n) is 7.75. The fourth-order valence-corrected chi connectivity index (χ4v) is 1.55. The zero-order valence-corrected chi connectivity index (χ0v) is 7.75. The summed E-state index contributed by atoms with van der Waals surface area (Å²) in [6.07, 6.45) is -2.71. The van der Waals surface area contributed by atoms with E-state index in [1.807, 2.05) is 0 Å². The second kappa shape index (κ2) is 3.22. The first-order valence-corrected chi connectivity index (χ1v) is 4.31. The molecule has 1 radical (unpaired) electrons. The summed E-state index contributed by atoms with van der Waals surface area (Å²) in [6, 6.07) is 7.05. The molecule has 0 atom stereocenters. The molecule has 1 aromatic carbocycles. The van der Waals surface area contributed by atoms with Crippen LogP contribution < -0.4 is 4.57 Å². The van der Waals surface area contributed by atoms with Gasteiger partial charge in [0.15, 0.2) is 6.20 Å². The fourth-order valence-electron chi connectivity index (χ4n) is 1.55. The molecular weight excluding hydrogens is 203 g/mol. The summed E-state index contributed by atoms with van der Waals surface area (Å²) in [6.45, 7) is 0. The topological polar surface area (TPSA) is 3.88 Å². The molecule has 1 nitrogen and oxygen atoms in total. The summed E-state index contributed by atoms with van der Waals surface area (Å²) < 4.78 is 39.3. The summed E-state index contributed by atoms with van der Waals surface area (Å²) in [5, 5.41) is 0.169. The first kappa shape index (κ1) is 9.96. The third kappa shape index (κ3) is 1.67. The molecule has 0 aliphatic rings. The van der Waals surface area contributed by atoms with Crippen LogP contribution in [-0.4, -0.2) is 0 Å². The van der Waals surface area contributed by atoms with Crippen molar-refractivity contribution in [1.29, 1.82) is 0 Å². The van der Waals surface area contributed by atoms with Gasteiger partial charge in [0.2, 0.25) is 12.6 Å². The van der Waals surface area contributed by atoms with Crippen molar-refractivity contribution in [3.8, 4) is 0 Å². The van der Waals surface area contributed by atoms with Crippen LogP contribution in [0.3, 0.4) is 0 Å². The first-order chi connectivity index (χ1) is 7.00. The van der Waals surface area contributed by atoms with E-state index in [1.165, 1.54) is 16.7 Å². The van der Waals surface area contributed by atoms with Crippen molar-refractivity contribution in [3.05, 3.63) is 49.1 Å². The van der Waals surface area contributed by atoms with Crippen LogP contribution in [0, 0.1) is 7.05 Å². The number of nitrogens with zero attached hydrogens (tertiary/aromatic N) is 1. The molecule has 1 aromatic heterocycles. The molecule has 0 bridgehead atoms. The van der Waals surface area contributed by atoms with E-state index in [4.69, 9.17) is 0 Å². The van der Waals surface area contributed by atoms with Crippen molar-refractivity contribution in [2.45, 2.75) is 6.18 Å². The third-order valence-corrected chi connectivity index (χ3v) is 2.23. The number of fused-ring (bicyclic) bond motifs is 1. The van der Waals surface area contributed by atoms with Crippen LogP contribution in [0.4, 0.5) is 13.2 Å². The molecule has 15 heavy (non-hydrogen) atoms. The molecule has 2 rings (SSSR count). The Morgan fingerprint density at radius 3 is 2.47 bits per heavy atom. The number of aromatic nitrogens is 1. The number of alkyl halides is 3. The Labute approximate surface area is 84.8 Å². The molecule has 0 fully saturated rings. The van der Waals surface area contributed by atoms with E-state index in [0.717, 1.165) is 6.07 Å². The lowest BCUT2D eigenvalue weighted by molar-refractivity contribution is -0.584. The molecule has 0 N–H and O–H groups in total. The van der Waals surface area contributed by atoms with Gasteiger partial charge in [-0.3, -0.25) is 0 Å². The van der Waals surface area contributed by atoms with Gasteiger partial charge in [0.1, 0.15) is 0 Å². The van der Waals surface area contributed by atoms with Crippen molar-refractivity contribution >= 4 is 10.9 Å². The van der Waals surface area contributed by atoms with Gasteiger partial charge in [-0.1, -0.05) is 6.07 Å². The van der Waals surface area contributed by atoms with Crippen LogP contribution >= 0.6 is 0 Å². The maximum Gasteiger partial charge on any atom is 0.417 e. The van der Waals surface area contributed by atoms with Gasteiger partial charge in [0, 0.05) is 12.1 Å². The molecule has 0 saturated carbocycles. The minimum absolute atomic E-state index is 0.169. The smallest absolute Gasteiger partial charge is 0.192 e. The maximum absolute atomic E-state index is 12.6. The molecule has 0 unspecified atom stereocenters. The number of rotatable bonds is 0. The number of hydrogen-bond donors (Lipinski definition) is 0. The highest BCUT2D eigenvalue weighted by Gasteiger charge is 2.33. The van der Waals surface area contributed by atoms with Crippen molar-refractivity contribution in [2.24, 2.45) is 0 Å². The molecule has 4 heteroatoms. The SMILES string of the molecule is [CH2][n+]1cccc2c(C(F)(F)F)cccc21. The predicted octanol–water partition coefficient (Wildman–Crippen LogP) is 2.79. The number of pyridine rings is 1. The number of halogens is 3. The largest absolute Gasteiger partial charge is 0.417 e. The summed E-state index contributed by atoms with van der Waals surface area (Å²) >= 11 is 0. The monoisotopic (exact) mass is 211 g/mol. The third-order valence-electron chi connectivity index (χ3n) is 2.23. The van der Waals surface area contributed by atoms with E-state index in [1.54, 1.807) is 18.3 Å². The Bertz CT molecular complexity index is 503. The van der Waals surface area contributed by atoms with Gasteiger partial charge >= 0.3 is 6.18 Å². The quantitative estimate of drug-likeness (QED) is 0.590. The average Bonchev–Trinajstić information content (AvgIpc) is 2.16. The van der Waals surface area contributed by atoms with Crippen LogP contribution in [0.1, 0.15) is 5.56 Å². The Kier molecular flexibility index (Phi) is 2.14. The van der Waals surface area contributed by atoms with E-state index in [0.29, 0.717) is 5.52 Å². The van der Waals surface area contributed by atoms with E-state index >= 15 is 0 Å².